The number of carbonyl (C=O) groups is 4. The SMILES string of the molecule is CCC(C)CCOC(CC)(CC)COC(=O)C(=O)c1ccccc1.O=C(OCCO)C(=O)c1ccccc1. The summed E-state index contributed by atoms with van der Waals surface area (Å²) in [6.07, 6.45) is 3.57. The van der Waals surface area contributed by atoms with Crippen LogP contribution in [0.5, 0.6) is 0 Å². The maximum atomic E-state index is 12.1. The summed E-state index contributed by atoms with van der Waals surface area (Å²) in [6.45, 7) is 8.69. The Bertz CT molecular complexity index is 984. The largest absolute Gasteiger partial charge is 0.457 e. The van der Waals surface area contributed by atoms with Crippen molar-refractivity contribution >= 4 is 23.5 Å². The minimum absolute atomic E-state index is 0.109. The van der Waals surface area contributed by atoms with Gasteiger partial charge in [-0.05, 0) is 25.2 Å². The summed E-state index contributed by atoms with van der Waals surface area (Å²) in [5, 5.41) is 8.38. The first kappa shape index (κ1) is 32.7. The Morgan fingerprint density at radius 2 is 1.24 bits per heavy atom. The summed E-state index contributed by atoms with van der Waals surface area (Å²) in [4.78, 5) is 46.4. The van der Waals surface area contributed by atoms with Crippen LogP contribution in [0.4, 0.5) is 0 Å². The van der Waals surface area contributed by atoms with Gasteiger partial charge < -0.3 is 19.3 Å². The number of benzene rings is 2. The molecular weight excluding hydrogens is 488 g/mol. The number of esters is 2. The predicted molar refractivity (Wildman–Crippen MR) is 144 cm³/mol. The Labute approximate surface area is 225 Å². The quantitative estimate of drug-likeness (QED) is 0.199. The lowest BCUT2D eigenvalue weighted by Crippen LogP contribution is -2.39. The first-order chi connectivity index (χ1) is 18.2. The minimum Gasteiger partial charge on any atom is -0.457 e. The standard InChI is InChI=1S/C20H30O4.C10H10O4/c1-5-16(4)13-14-24-20(6-2,7-3)15-23-19(22)18(21)17-11-9-8-10-12-17;11-6-7-14-10(13)9(12)8-4-2-1-3-5-8/h8-12,16H,5-7,13-15H2,1-4H3;1-5,11H,6-7H2. The van der Waals surface area contributed by atoms with Gasteiger partial charge in [0.05, 0.1) is 6.61 Å². The highest BCUT2D eigenvalue weighted by molar-refractivity contribution is 6.41. The van der Waals surface area contributed by atoms with Gasteiger partial charge in [-0.3, -0.25) is 9.59 Å². The smallest absolute Gasteiger partial charge is 0.379 e. The van der Waals surface area contributed by atoms with Crippen molar-refractivity contribution in [2.75, 3.05) is 26.4 Å². The third-order valence-electron chi connectivity index (χ3n) is 6.24. The van der Waals surface area contributed by atoms with Crippen molar-refractivity contribution in [3.05, 3.63) is 71.8 Å². The van der Waals surface area contributed by atoms with E-state index in [-0.39, 0.29) is 25.4 Å². The summed E-state index contributed by atoms with van der Waals surface area (Å²) in [5.41, 5.74) is 0.120. The molecule has 0 aliphatic rings. The normalized spacial score (nSPS) is 11.5. The number of Topliss-reactive ketones (excluding diaryl/α,β-unsaturated/α-hetero) is 2. The van der Waals surface area contributed by atoms with Gasteiger partial charge in [0.2, 0.25) is 0 Å². The number of aliphatic hydroxyl groups excluding tert-OH is 1. The van der Waals surface area contributed by atoms with Crippen LogP contribution in [0.25, 0.3) is 0 Å². The van der Waals surface area contributed by atoms with Crippen molar-refractivity contribution < 1.29 is 38.5 Å². The van der Waals surface area contributed by atoms with Crippen molar-refractivity contribution in [2.24, 2.45) is 5.92 Å². The molecule has 0 aliphatic carbocycles. The number of ketones is 2. The third-order valence-corrected chi connectivity index (χ3v) is 6.24. The molecule has 2 aromatic carbocycles. The van der Waals surface area contributed by atoms with Crippen molar-refractivity contribution in [1.29, 1.82) is 0 Å². The zero-order valence-electron chi connectivity index (χ0n) is 22.8. The van der Waals surface area contributed by atoms with E-state index in [0.717, 1.165) is 25.7 Å². The first-order valence-electron chi connectivity index (χ1n) is 13.0. The summed E-state index contributed by atoms with van der Waals surface area (Å²) >= 11 is 0. The summed E-state index contributed by atoms with van der Waals surface area (Å²) in [7, 11) is 0. The van der Waals surface area contributed by atoms with Crippen LogP contribution in [0.3, 0.4) is 0 Å². The van der Waals surface area contributed by atoms with E-state index in [9.17, 15) is 19.2 Å². The van der Waals surface area contributed by atoms with E-state index in [1.807, 2.05) is 13.8 Å². The second-order valence-electron chi connectivity index (χ2n) is 8.87. The molecular formula is C30H40O8. The van der Waals surface area contributed by atoms with Gasteiger partial charge in [-0.25, -0.2) is 9.59 Å². The van der Waals surface area contributed by atoms with Gasteiger partial charge >= 0.3 is 11.9 Å². The van der Waals surface area contributed by atoms with E-state index in [0.29, 0.717) is 18.1 Å². The highest BCUT2D eigenvalue weighted by Gasteiger charge is 2.30. The van der Waals surface area contributed by atoms with Gasteiger partial charge in [0.1, 0.15) is 18.8 Å². The number of rotatable bonds is 15. The predicted octanol–water partition coefficient (Wildman–Crippen LogP) is 4.83. The van der Waals surface area contributed by atoms with Crippen LogP contribution in [-0.4, -0.2) is 60.6 Å². The lowest BCUT2D eigenvalue weighted by Gasteiger charge is -2.31. The molecule has 1 unspecified atom stereocenters. The Kier molecular flexibility index (Phi) is 15.5. The van der Waals surface area contributed by atoms with E-state index < -0.39 is 29.1 Å². The zero-order chi connectivity index (χ0) is 28.4. The third kappa shape index (κ3) is 11.4. The number of hydrogen-bond donors (Lipinski definition) is 1. The molecule has 0 radical (unpaired) electrons. The summed E-state index contributed by atoms with van der Waals surface area (Å²) in [6, 6.07) is 16.6. The summed E-state index contributed by atoms with van der Waals surface area (Å²) < 4.78 is 15.8. The number of hydrogen-bond acceptors (Lipinski definition) is 8. The van der Waals surface area contributed by atoms with Crippen molar-refractivity contribution in [2.45, 2.75) is 59.0 Å². The van der Waals surface area contributed by atoms with Crippen LogP contribution < -0.4 is 0 Å². The molecule has 0 amide bonds. The van der Waals surface area contributed by atoms with E-state index >= 15 is 0 Å². The molecule has 208 valence electrons. The fourth-order valence-corrected chi connectivity index (χ4v) is 3.26. The lowest BCUT2D eigenvalue weighted by molar-refractivity contribution is -0.152. The Morgan fingerprint density at radius 1 is 0.763 bits per heavy atom. The molecule has 0 heterocycles. The van der Waals surface area contributed by atoms with E-state index in [1.54, 1.807) is 48.5 Å². The fourth-order valence-electron chi connectivity index (χ4n) is 3.26. The van der Waals surface area contributed by atoms with Crippen LogP contribution in [-0.2, 0) is 23.8 Å². The van der Waals surface area contributed by atoms with Gasteiger partial charge in [-0.15, -0.1) is 0 Å². The average Bonchev–Trinajstić information content (AvgIpc) is 2.97. The van der Waals surface area contributed by atoms with Gasteiger partial charge in [0, 0.05) is 17.7 Å². The molecule has 0 saturated carbocycles. The molecule has 0 aromatic heterocycles. The van der Waals surface area contributed by atoms with Crippen LogP contribution in [0.2, 0.25) is 0 Å². The average molecular weight is 529 g/mol. The van der Waals surface area contributed by atoms with Crippen LogP contribution in [0.1, 0.15) is 74.1 Å². The van der Waals surface area contributed by atoms with Crippen molar-refractivity contribution in [1.82, 2.24) is 0 Å². The molecule has 0 aliphatic heterocycles. The highest BCUT2D eigenvalue weighted by Crippen LogP contribution is 2.23. The minimum atomic E-state index is -0.940. The first-order valence-corrected chi connectivity index (χ1v) is 13.0. The maximum Gasteiger partial charge on any atom is 0.379 e. The molecule has 0 bridgehead atoms. The van der Waals surface area contributed by atoms with Gasteiger partial charge in [-0.1, -0.05) is 94.8 Å². The second-order valence-corrected chi connectivity index (χ2v) is 8.87. The van der Waals surface area contributed by atoms with E-state index in [4.69, 9.17) is 14.6 Å². The van der Waals surface area contributed by atoms with Gasteiger partial charge in [0.25, 0.3) is 11.6 Å². The Morgan fingerprint density at radius 3 is 1.66 bits per heavy atom. The van der Waals surface area contributed by atoms with Gasteiger partial charge in [0.15, 0.2) is 0 Å². The van der Waals surface area contributed by atoms with Crippen LogP contribution in [0.15, 0.2) is 60.7 Å². The van der Waals surface area contributed by atoms with Crippen LogP contribution >= 0.6 is 0 Å². The number of aliphatic hydroxyl groups is 1. The maximum absolute atomic E-state index is 12.1. The van der Waals surface area contributed by atoms with Crippen molar-refractivity contribution in [3.8, 4) is 0 Å². The topological polar surface area (TPSA) is 116 Å². The molecule has 0 spiro atoms. The number of carbonyl (C=O) groups excluding carboxylic acids is 4. The molecule has 0 saturated heterocycles. The zero-order valence-corrected chi connectivity index (χ0v) is 22.8. The molecule has 2 rings (SSSR count). The molecule has 8 nitrogen and oxygen atoms in total. The Hall–Kier alpha value is -3.36. The molecule has 38 heavy (non-hydrogen) atoms. The molecule has 2 aromatic rings. The molecule has 1 N–H and O–H groups in total. The fraction of sp³-hybridized carbons (Fsp3) is 0.467. The monoisotopic (exact) mass is 528 g/mol. The summed E-state index contributed by atoms with van der Waals surface area (Å²) in [5.74, 6) is -2.46. The molecule has 0 fully saturated rings. The number of ether oxygens (including phenoxy) is 3. The van der Waals surface area contributed by atoms with Gasteiger partial charge in [-0.2, -0.15) is 0 Å². The second kappa shape index (κ2) is 18.0. The molecule has 8 heteroatoms. The van der Waals surface area contributed by atoms with E-state index in [1.165, 1.54) is 12.1 Å². The Balaban J connectivity index is 0.000000437. The van der Waals surface area contributed by atoms with E-state index in [2.05, 4.69) is 18.6 Å². The van der Waals surface area contributed by atoms with Crippen LogP contribution in [0, 0.1) is 5.92 Å². The lowest BCUT2D eigenvalue weighted by atomic mass is 9.97. The van der Waals surface area contributed by atoms with Crippen molar-refractivity contribution in [3.63, 3.8) is 0 Å². The highest BCUT2D eigenvalue weighted by atomic mass is 16.6. The molecule has 1 atom stereocenters.